The van der Waals surface area contributed by atoms with Crippen molar-refractivity contribution in [2.75, 3.05) is 6.61 Å². The molecule has 1 aromatic heterocycles. The van der Waals surface area contributed by atoms with Crippen LogP contribution in [0.1, 0.15) is 12.6 Å². The van der Waals surface area contributed by atoms with Crippen molar-refractivity contribution in [1.82, 2.24) is 9.55 Å². The van der Waals surface area contributed by atoms with Gasteiger partial charge in [-0.05, 0) is 0 Å². The summed E-state index contributed by atoms with van der Waals surface area (Å²) in [4.78, 5) is 24.2. The first-order valence-electron chi connectivity index (χ1n) is 5.65. The Bertz CT molecular complexity index is 571. The summed E-state index contributed by atoms with van der Waals surface area (Å²) in [5, 5.41) is 18.3. The second kappa shape index (κ2) is 5.21. The number of nitrogens with one attached hydrogen (secondary N) is 1. The molecule has 0 aromatic carbocycles. The molecule has 19 heavy (non-hydrogen) atoms. The zero-order chi connectivity index (χ0) is 14.2. The van der Waals surface area contributed by atoms with E-state index >= 15 is 0 Å². The number of aliphatic hydroxyl groups is 2. The number of hydrogen-bond acceptors (Lipinski definition) is 6. The molecule has 1 aromatic rings. The van der Waals surface area contributed by atoms with Crippen LogP contribution in [0.25, 0.3) is 0 Å². The van der Waals surface area contributed by atoms with Crippen molar-refractivity contribution in [1.29, 1.82) is 0 Å². The van der Waals surface area contributed by atoms with Gasteiger partial charge in [-0.1, -0.05) is 0 Å². The highest BCUT2D eigenvalue weighted by Crippen LogP contribution is 2.28. The number of H-pyrrole nitrogens is 1. The third kappa shape index (κ3) is 2.59. The fourth-order valence-electron chi connectivity index (χ4n) is 2.04. The summed E-state index contributed by atoms with van der Waals surface area (Å²) < 4.78 is 19.3. The van der Waals surface area contributed by atoms with E-state index in [1.165, 1.54) is 0 Å². The molecule has 0 bridgehead atoms. The van der Waals surface area contributed by atoms with E-state index in [1.54, 1.807) is 4.98 Å². The van der Waals surface area contributed by atoms with Crippen LogP contribution >= 0.6 is 0 Å². The molecule has 1 fully saturated rings. The number of nitrogens with two attached hydrogens (primary N) is 1. The Morgan fingerprint density at radius 2 is 2.32 bits per heavy atom. The lowest BCUT2D eigenvalue weighted by molar-refractivity contribution is -0.0783. The zero-order valence-corrected chi connectivity index (χ0v) is 9.82. The third-order valence-electron chi connectivity index (χ3n) is 3.01. The first kappa shape index (κ1) is 13.9. The molecule has 1 unspecified atom stereocenters. The maximum Gasteiger partial charge on any atom is 0.330 e. The molecule has 106 valence electrons. The molecule has 9 heteroatoms. The van der Waals surface area contributed by atoms with E-state index in [1.807, 2.05) is 0 Å². The number of ether oxygens (including phenoxy) is 1. The number of aliphatic hydroxyl groups excluding tert-OH is 2. The average molecular weight is 275 g/mol. The largest absolute Gasteiger partial charge is 0.394 e. The number of halogens is 1. The minimum Gasteiger partial charge on any atom is -0.394 e. The Morgan fingerprint density at radius 3 is 2.95 bits per heavy atom. The monoisotopic (exact) mass is 275 g/mol. The van der Waals surface area contributed by atoms with Crippen LogP contribution in [0.3, 0.4) is 0 Å². The van der Waals surface area contributed by atoms with E-state index in [2.05, 4.69) is 0 Å². The topological polar surface area (TPSA) is 131 Å². The SMILES string of the molecule is N[C@H]1C[C@H](n2cc(F)c(=O)[nH]c2=O)OC1[C@@H](O)CO. The molecule has 0 aliphatic carbocycles. The molecule has 4 atom stereocenters. The van der Waals surface area contributed by atoms with Crippen molar-refractivity contribution in [3.05, 3.63) is 32.9 Å². The van der Waals surface area contributed by atoms with Crippen molar-refractivity contribution >= 4 is 0 Å². The van der Waals surface area contributed by atoms with Gasteiger partial charge in [0.05, 0.1) is 12.8 Å². The second-order valence-electron chi connectivity index (χ2n) is 4.35. The molecule has 8 nitrogen and oxygen atoms in total. The van der Waals surface area contributed by atoms with Crippen molar-refractivity contribution in [3.63, 3.8) is 0 Å². The molecule has 1 aliphatic heterocycles. The van der Waals surface area contributed by atoms with Gasteiger partial charge in [-0.3, -0.25) is 14.3 Å². The first-order valence-corrected chi connectivity index (χ1v) is 5.65. The number of aromatic nitrogens is 2. The van der Waals surface area contributed by atoms with Gasteiger partial charge >= 0.3 is 5.69 Å². The Labute approximate surface area is 106 Å². The van der Waals surface area contributed by atoms with Gasteiger partial charge < -0.3 is 20.7 Å². The fraction of sp³-hybridized carbons (Fsp3) is 0.600. The summed E-state index contributed by atoms with van der Waals surface area (Å²) in [6, 6.07) is -0.617. The summed E-state index contributed by atoms with van der Waals surface area (Å²) >= 11 is 0. The van der Waals surface area contributed by atoms with Gasteiger partial charge in [0.1, 0.15) is 18.4 Å². The van der Waals surface area contributed by atoms with Gasteiger partial charge in [-0.2, -0.15) is 4.39 Å². The van der Waals surface area contributed by atoms with Crippen LogP contribution in [0.4, 0.5) is 4.39 Å². The van der Waals surface area contributed by atoms with Gasteiger partial charge in [0.15, 0.2) is 0 Å². The highest BCUT2D eigenvalue weighted by molar-refractivity contribution is 4.93. The molecule has 5 N–H and O–H groups in total. The van der Waals surface area contributed by atoms with Crippen LogP contribution in [-0.4, -0.2) is 44.6 Å². The van der Waals surface area contributed by atoms with Crippen molar-refractivity contribution in [2.45, 2.75) is 30.9 Å². The normalized spacial score (nSPS) is 28.5. The van der Waals surface area contributed by atoms with Crippen molar-refractivity contribution in [2.24, 2.45) is 5.73 Å². The van der Waals surface area contributed by atoms with Crippen LogP contribution in [0.5, 0.6) is 0 Å². The quantitative estimate of drug-likeness (QED) is 0.488. The molecule has 2 heterocycles. The summed E-state index contributed by atoms with van der Waals surface area (Å²) in [5.74, 6) is -1.12. The molecular formula is C10H14FN3O5. The molecular weight excluding hydrogens is 261 g/mol. The van der Waals surface area contributed by atoms with E-state index in [0.29, 0.717) is 0 Å². The van der Waals surface area contributed by atoms with Gasteiger partial charge in [-0.15, -0.1) is 0 Å². The van der Waals surface area contributed by atoms with E-state index in [4.69, 9.17) is 15.6 Å². The Hall–Kier alpha value is -1.55. The maximum absolute atomic E-state index is 13.2. The summed E-state index contributed by atoms with van der Waals surface area (Å²) in [5.41, 5.74) is 3.78. The minimum atomic E-state index is -1.19. The predicted molar refractivity (Wildman–Crippen MR) is 60.9 cm³/mol. The minimum absolute atomic E-state index is 0.146. The lowest BCUT2D eigenvalue weighted by Crippen LogP contribution is -2.41. The lowest BCUT2D eigenvalue weighted by atomic mass is 10.1. The smallest absolute Gasteiger partial charge is 0.330 e. The third-order valence-corrected chi connectivity index (χ3v) is 3.01. The van der Waals surface area contributed by atoms with Gasteiger partial charge in [0, 0.05) is 12.5 Å². The summed E-state index contributed by atoms with van der Waals surface area (Å²) in [7, 11) is 0. The predicted octanol–water partition coefficient (Wildman–Crippen LogP) is -2.36. The Kier molecular flexibility index (Phi) is 3.80. The molecule has 0 amide bonds. The highest BCUT2D eigenvalue weighted by atomic mass is 19.1. The van der Waals surface area contributed by atoms with Crippen LogP contribution in [0, 0.1) is 5.82 Å². The Morgan fingerprint density at radius 1 is 1.63 bits per heavy atom. The second-order valence-corrected chi connectivity index (χ2v) is 4.35. The van der Waals surface area contributed by atoms with Crippen molar-refractivity contribution < 1.29 is 19.3 Å². The van der Waals surface area contributed by atoms with E-state index in [0.717, 1.165) is 10.8 Å². The molecule has 0 spiro atoms. The standard InChI is InChI=1S/C10H14FN3O5/c11-4-2-14(10(18)13-9(4)17)7-1-5(12)8(19-7)6(16)3-15/h2,5-8,15-16H,1,3,12H2,(H,13,17,18)/t5-,6-,7+,8?/m0/s1. The molecule has 1 aliphatic rings. The summed E-state index contributed by atoms with van der Waals surface area (Å²) in [6.45, 7) is -0.542. The molecule has 0 saturated carbocycles. The molecule has 2 rings (SSSR count). The first-order chi connectivity index (χ1) is 8.93. The lowest BCUT2D eigenvalue weighted by Gasteiger charge is -2.20. The van der Waals surface area contributed by atoms with Crippen molar-refractivity contribution in [3.8, 4) is 0 Å². The highest BCUT2D eigenvalue weighted by Gasteiger charge is 2.38. The van der Waals surface area contributed by atoms with E-state index < -0.39 is 48.2 Å². The van der Waals surface area contributed by atoms with Gasteiger partial charge in [-0.25, -0.2) is 4.79 Å². The van der Waals surface area contributed by atoms with Gasteiger partial charge in [0.25, 0.3) is 5.56 Å². The molecule has 0 radical (unpaired) electrons. The number of hydrogen-bond donors (Lipinski definition) is 4. The Balaban J connectivity index is 2.28. The summed E-state index contributed by atoms with van der Waals surface area (Å²) in [6.07, 6.45) is -2.08. The van der Waals surface area contributed by atoms with E-state index in [9.17, 15) is 19.1 Å². The van der Waals surface area contributed by atoms with Crippen LogP contribution in [0.15, 0.2) is 15.8 Å². The zero-order valence-electron chi connectivity index (χ0n) is 9.82. The van der Waals surface area contributed by atoms with E-state index in [-0.39, 0.29) is 6.42 Å². The number of nitrogens with zero attached hydrogens (tertiary/aromatic N) is 1. The van der Waals surface area contributed by atoms with Crippen LogP contribution in [0.2, 0.25) is 0 Å². The van der Waals surface area contributed by atoms with Crippen LogP contribution < -0.4 is 17.0 Å². The maximum atomic E-state index is 13.2. The van der Waals surface area contributed by atoms with Gasteiger partial charge in [0.2, 0.25) is 5.82 Å². The molecule has 1 saturated heterocycles. The number of rotatable bonds is 3. The number of aromatic amines is 1. The fourth-order valence-corrected chi connectivity index (χ4v) is 2.04. The average Bonchev–Trinajstić information content (AvgIpc) is 2.75. The van der Waals surface area contributed by atoms with Crippen LogP contribution in [-0.2, 0) is 4.74 Å².